The lowest BCUT2D eigenvalue weighted by Crippen LogP contribution is -2.12. The zero-order valence-electron chi connectivity index (χ0n) is 18.0. The number of ether oxygens (including phenoxy) is 3. The average Bonchev–Trinajstić information content (AvgIpc) is 3.23. The maximum Gasteiger partial charge on any atom is 0.255 e. The highest BCUT2D eigenvalue weighted by atomic mass is 35.5. The number of carbonyl (C=O) groups excluding carboxylic acids is 1. The highest BCUT2D eigenvalue weighted by Gasteiger charge is 2.17. The van der Waals surface area contributed by atoms with Crippen LogP contribution in [0.5, 0.6) is 17.2 Å². The van der Waals surface area contributed by atoms with E-state index in [1.54, 1.807) is 30.3 Å². The first-order valence-electron chi connectivity index (χ1n) is 9.68. The molecular weight excluding hydrogens is 432 g/mol. The number of aromatic nitrogens is 3. The van der Waals surface area contributed by atoms with Crippen LogP contribution < -0.4 is 19.5 Å². The summed E-state index contributed by atoms with van der Waals surface area (Å²) in [5.74, 6) is 0.876. The number of halogens is 1. The number of aryl methyl sites for hydroxylation is 1. The Morgan fingerprint density at radius 3 is 2.22 bits per heavy atom. The van der Waals surface area contributed by atoms with E-state index in [0.717, 1.165) is 11.3 Å². The van der Waals surface area contributed by atoms with Gasteiger partial charge in [0.05, 0.1) is 27.0 Å². The normalized spacial score (nSPS) is 10.8. The van der Waals surface area contributed by atoms with Crippen LogP contribution in [0, 0.1) is 6.92 Å². The van der Waals surface area contributed by atoms with Crippen LogP contribution in [0.4, 0.5) is 5.69 Å². The van der Waals surface area contributed by atoms with Crippen LogP contribution in [-0.2, 0) is 0 Å². The Labute approximate surface area is 189 Å². The molecule has 0 radical (unpaired) electrons. The first-order valence-corrected chi connectivity index (χ1v) is 10.1. The molecule has 8 nitrogen and oxygen atoms in total. The lowest BCUT2D eigenvalue weighted by Gasteiger charge is -2.14. The van der Waals surface area contributed by atoms with E-state index in [1.807, 2.05) is 25.1 Å². The van der Waals surface area contributed by atoms with Crippen molar-refractivity contribution in [2.75, 3.05) is 26.6 Å². The molecule has 4 rings (SSSR count). The zero-order chi connectivity index (χ0) is 22.8. The van der Waals surface area contributed by atoms with E-state index in [2.05, 4.69) is 15.5 Å². The number of hydrogen-bond acceptors (Lipinski definition) is 6. The molecule has 0 aliphatic rings. The molecule has 0 bridgehead atoms. The van der Waals surface area contributed by atoms with Crippen molar-refractivity contribution in [2.24, 2.45) is 0 Å². The molecule has 1 heterocycles. The third-order valence-electron chi connectivity index (χ3n) is 4.95. The van der Waals surface area contributed by atoms with Gasteiger partial charge in [0, 0.05) is 16.3 Å². The van der Waals surface area contributed by atoms with Gasteiger partial charge in [-0.2, -0.15) is 4.80 Å². The summed E-state index contributed by atoms with van der Waals surface area (Å²) < 4.78 is 15.9. The van der Waals surface area contributed by atoms with Crippen molar-refractivity contribution in [3.8, 4) is 22.9 Å². The number of hydrogen-bond donors (Lipinski definition) is 1. The Hall–Kier alpha value is -3.78. The Morgan fingerprint density at radius 2 is 1.59 bits per heavy atom. The molecular formula is C23H21ClN4O4. The standard InChI is InChI=1S/C23H21ClN4O4/c1-13-5-7-16(12-17(13)24)28-26-18-8-6-15(11-19(18)27-28)25-23(29)14-9-20(30-2)22(32-4)21(10-14)31-3/h5-12H,1-4H3,(H,25,29). The van der Waals surface area contributed by atoms with Gasteiger partial charge in [0.25, 0.3) is 5.91 Å². The van der Waals surface area contributed by atoms with E-state index in [-0.39, 0.29) is 5.91 Å². The lowest BCUT2D eigenvalue weighted by atomic mass is 10.1. The van der Waals surface area contributed by atoms with Gasteiger partial charge in [0.1, 0.15) is 11.0 Å². The van der Waals surface area contributed by atoms with E-state index < -0.39 is 0 Å². The van der Waals surface area contributed by atoms with E-state index in [0.29, 0.717) is 44.6 Å². The summed E-state index contributed by atoms with van der Waals surface area (Å²) in [7, 11) is 4.50. The summed E-state index contributed by atoms with van der Waals surface area (Å²) in [5, 5.41) is 12.5. The molecule has 0 aliphatic heterocycles. The van der Waals surface area contributed by atoms with E-state index in [4.69, 9.17) is 25.8 Å². The number of methoxy groups -OCH3 is 3. The molecule has 3 aromatic carbocycles. The predicted molar refractivity (Wildman–Crippen MR) is 123 cm³/mol. The van der Waals surface area contributed by atoms with Crippen molar-refractivity contribution >= 4 is 34.2 Å². The summed E-state index contributed by atoms with van der Waals surface area (Å²) in [6.07, 6.45) is 0. The Balaban J connectivity index is 1.62. The maximum absolute atomic E-state index is 12.9. The van der Waals surface area contributed by atoms with Crippen molar-refractivity contribution in [1.29, 1.82) is 0 Å². The van der Waals surface area contributed by atoms with Gasteiger partial charge in [-0.15, -0.1) is 10.2 Å². The Morgan fingerprint density at radius 1 is 0.906 bits per heavy atom. The van der Waals surface area contributed by atoms with Crippen LogP contribution in [0.1, 0.15) is 15.9 Å². The van der Waals surface area contributed by atoms with E-state index in [1.165, 1.54) is 26.1 Å². The number of anilines is 1. The first-order chi connectivity index (χ1) is 15.4. The fraction of sp³-hybridized carbons (Fsp3) is 0.174. The molecule has 0 fully saturated rings. The van der Waals surface area contributed by atoms with Crippen molar-refractivity contribution in [3.05, 3.63) is 64.7 Å². The highest BCUT2D eigenvalue weighted by Crippen LogP contribution is 2.38. The highest BCUT2D eigenvalue weighted by molar-refractivity contribution is 6.31. The van der Waals surface area contributed by atoms with E-state index in [9.17, 15) is 4.79 Å². The Bertz CT molecular complexity index is 1290. The zero-order valence-corrected chi connectivity index (χ0v) is 18.7. The monoisotopic (exact) mass is 452 g/mol. The molecule has 0 saturated carbocycles. The van der Waals surface area contributed by atoms with Crippen LogP contribution in [0.15, 0.2) is 48.5 Å². The second-order valence-corrected chi connectivity index (χ2v) is 7.40. The van der Waals surface area contributed by atoms with Crippen molar-refractivity contribution in [1.82, 2.24) is 15.0 Å². The van der Waals surface area contributed by atoms with Crippen LogP contribution in [0.2, 0.25) is 5.02 Å². The van der Waals surface area contributed by atoms with Gasteiger partial charge >= 0.3 is 0 Å². The summed E-state index contributed by atoms with van der Waals surface area (Å²) >= 11 is 6.22. The second kappa shape index (κ2) is 8.76. The molecule has 0 saturated heterocycles. The fourth-order valence-electron chi connectivity index (χ4n) is 3.23. The topological polar surface area (TPSA) is 87.5 Å². The molecule has 32 heavy (non-hydrogen) atoms. The molecule has 0 atom stereocenters. The summed E-state index contributed by atoms with van der Waals surface area (Å²) in [4.78, 5) is 14.4. The van der Waals surface area contributed by atoms with Crippen molar-refractivity contribution in [3.63, 3.8) is 0 Å². The summed E-state index contributed by atoms with van der Waals surface area (Å²) in [6, 6.07) is 14.1. The number of amides is 1. The third-order valence-corrected chi connectivity index (χ3v) is 5.36. The Kier molecular flexibility index (Phi) is 5.87. The minimum Gasteiger partial charge on any atom is -0.493 e. The average molecular weight is 453 g/mol. The number of rotatable bonds is 6. The third kappa shape index (κ3) is 4.04. The molecule has 9 heteroatoms. The van der Waals surface area contributed by atoms with Crippen molar-refractivity contribution in [2.45, 2.75) is 6.92 Å². The minimum atomic E-state index is -0.332. The van der Waals surface area contributed by atoms with Crippen molar-refractivity contribution < 1.29 is 19.0 Å². The summed E-state index contributed by atoms with van der Waals surface area (Å²) in [6.45, 7) is 1.93. The van der Waals surface area contributed by atoms with Gasteiger partial charge in [-0.05, 0) is 55.0 Å². The van der Waals surface area contributed by atoms with Gasteiger partial charge in [-0.1, -0.05) is 17.7 Å². The van der Waals surface area contributed by atoms with Gasteiger partial charge in [-0.3, -0.25) is 4.79 Å². The van der Waals surface area contributed by atoms with E-state index >= 15 is 0 Å². The first kappa shape index (κ1) is 21.5. The molecule has 0 unspecified atom stereocenters. The molecule has 0 aliphatic carbocycles. The van der Waals surface area contributed by atoms with Gasteiger partial charge < -0.3 is 19.5 Å². The summed E-state index contributed by atoms with van der Waals surface area (Å²) in [5.41, 5.74) is 3.98. The molecule has 164 valence electrons. The molecule has 1 N–H and O–H groups in total. The van der Waals surface area contributed by atoms with Crippen LogP contribution in [0.25, 0.3) is 16.7 Å². The van der Waals surface area contributed by atoms with Gasteiger partial charge in [-0.25, -0.2) is 0 Å². The second-order valence-electron chi connectivity index (χ2n) is 6.99. The smallest absolute Gasteiger partial charge is 0.255 e. The van der Waals surface area contributed by atoms with Crippen LogP contribution in [-0.4, -0.2) is 42.2 Å². The molecule has 4 aromatic rings. The van der Waals surface area contributed by atoms with Crippen LogP contribution >= 0.6 is 11.6 Å². The molecule has 0 spiro atoms. The minimum absolute atomic E-state index is 0.332. The number of nitrogens with zero attached hydrogens (tertiary/aromatic N) is 3. The largest absolute Gasteiger partial charge is 0.493 e. The fourth-order valence-corrected chi connectivity index (χ4v) is 3.40. The molecule has 1 aromatic heterocycles. The number of fused-ring (bicyclic) bond motifs is 1. The SMILES string of the molecule is COc1cc(C(=O)Nc2ccc3nn(-c4ccc(C)c(Cl)c4)nc3c2)cc(OC)c1OC. The number of carbonyl (C=O) groups is 1. The number of benzene rings is 3. The quantitative estimate of drug-likeness (QED) is 0.457. The predicted octanol–water partition coefficient (Wildman–Crippen LogP) is 4.66. The molecule has 1 amide bonds. The number of nitrogens with one attached hydrogen (secondary N) is 1. The van der Waals surface area contributed by atoms with Crippen LogP contribution in [0.3, 0.4) is 0 Å². The lowest BCUT2D eigenvalue weighted by molar-refractivity contribution is 0.102. The maximum atomic E-state index is 12.9. The van der Waals surface area contributed by atoms with Gasteiger partial charge in [0.15, 0.2) is 11.5 Å². The van der Waals surface area contributed by atoms with Gasteiger partial charge in [0.2, 0.25) is 5.75 Å².